The van der Waals surface area contributed by atoms with E-state index in [-0.39, 0.29) is 11.8 Å². The summed E-state index contributed by atoms with van der Waals surface area (Å²) in [5, 5.41) is 11.0. The number of fused-ring (bicyclic) bond motifs is 2. The Hall–Kier alpha value is -4.38. The van der Waals surface area contributed by atoms with Gasteiger partial charge in [-0.25, -0.2) is 14.4 Å². The first-order chi connectivity index (χ1) is 18.9. The third-order valence-electron chi connectivity index (χ3n) is 6.99. The Balaban J connectivity index is 1.37. The van der Waals surface area contributed by atoms with E-state index in [1.54, 1.807) is 30.7 Å². The average Bonchev–Trinajstić information content (AvgIpc) is 3.52. The Kier molecular flexibility index (Phi) is 6.43. The Morgan fingerprint density at radius 2 is 1.95 bits per heavy atom. The molecule has 0 radical (unpaired) electrons. The van der Waals surface area contributed by atoms with Gasteiger partial charge in [-0.1, -0.05) is 13.8 Å². The fraction of sp³-hybridized carbons (Fsp3) is 0.321. The van der Waals surface area contributed by atoms with Gasteiger partial charge in [-0.2, -0.15) is 5.10 Å². The van der Waals surface area contributed by atoms with Crippen LogP contribution in [0.5, 0.6) is 0 Å². The number of nitrogens with one attached hydrogen (secondary N) is 3. The largest absolute Gasteiger partial charge is 0.352 e. The van der Waals surface area contributed by atoms with Gasteiger partial charge < -0.3 is 20.1 Å². The van der Waals surface area contributed by atoms with Gasteiger partial charge in [0.25, 0.3) is 0 Å². The zero-order valence-electron chi connectivity index (χ0n) is 22.1. The highest BCUT2D eigenvalue weighted by Gasteiger charge is 2.22. The van der Waals surface area contributed by atoms with Crippen molar-refractivity contribution in [2.24, 2.45) is 5.92 Å². The van der Waals surface area contributed by atoms with Crippen LogP contribution in [0.15, 0.2) is 42.9 Å². The van der Waals surface area contributed by atoms with Crippen molar-refractivity contribution in [3.8, 4) is 22.6 Å². The molecule has 10 nitrogen and oxygen atoms in total. The highest BCUT2D eigenvalue weighted by atomic mass is 19.1. The zero-order valence-corrected chi connectivity index (χ0v) is 22.1. The van der Waals surface area contributed by atoms with E-state index in [2.05, 4.69) is 47.3 Å². The Morgan fingerprint density at radius 1 is 1.13 bits per heavy atom. The predicted molar refractivity (Wildman–Crippen MR) is 150 cm³/mol. The SMILES string of the molecule is CC(C)CC(=O)Nc1cncc(-c2cc3c(-c4nc5c(N6CCN(C)CC6)nccc5[nH]4)n[nH]c3cc2F)c1. The molecule has 1 aromatic carbocycles. The number of pyridine rings is 2. The van der Waals surface area contributed by atoms with Crippen LogP contribution in [0.3, 0.4) is 0 Å². The lowest BCUT2D eigenvalue weighted by Gasteiger charge is -2.33. The molecular weight excluding hydrogens is 497 g/mol. The fourth-order valence-electron chi connectivity index (χ4n) is 4.96. The summed E-state index contributed by atoms with van der Waals surface area (Å²) in [6.07, 6.45) is 5.32. The van der Waals surface area contributed by atoms with Gasteiger partial charge in [-0.05, 0) is 31.2 Å². The molecule has 5 aromatic rings. The molecule has 200 valence electrons. The molecule has 39 heavy (non-hydrogen) atoms. The lowest BCUT2D eigenvalue weighted by Crippen LogP contribution is -2.44. The number of anilines is 2. The second kappa shape index (κ2) is 10.1. The van der Waals surface area contributed by atoms with E-state index in [1.807, 2.05) is 19.9 Å². The molecule has 0 aliphatic carbocycles. The number of likely N-dealkylation sites (N-methyl/N-ethyl adjacent to an activating group) is 1. The van der Waals surface area contributed by atoms with Crippen molar-refractivity contribution < 1.29 is 9.18 Å². The van der Waals surface area contributed by atoms with Crippen molar-refractivity contribution in [3.63, 3.8) is 0 Å². The van der Waals surface area contributed by atoms with Gasteiger partial charge in [-0.3, -0.25) is 14.9 Å². The van der Waals surface area contributed by atoms with Crippen LogP contribution in [0.4, 0.5) is 15.9 Å². The third-order valence-corrected chi connectivity index (χ3v) is 6.99. The summed E-state index contributed by atoms with van der Waals surface area (Å²) in [4.78, 5) is 33.9. The van der Waals surface area contributed by atoms with Crippen molar-refractivity contribution in [2.75, 3.05) is 43.4 Å². The maximum Gasteiger partial charge on any atom is 0.224 e. The lowest BCUT2D eigenvalue weighted by atomic mass is 10.0. The summed E-state index contributed by atoms with van der Waals surface area (Å²) in [5.41, 5.74) is 4.21. The standard InChI is InChI=1S/C28H30FN9O/c1-16(2)10-24(39)32-18-11-17(14-30-15-18)19-12-20-23(13-21(19)29)35-36-25(20)27-33-22-4-5-31-28(26(22)34-27)38-8-6-37(3)7-9-38/h4-5,11-16H,6-10H2,1-3H3,(H,32,39)(H,33,34)(H,35,36). The van der Waals surface area contributed by atoms with E-state index >= 15 is 4.39 Å². The van der Waals surface area contributed by atoms with Gasteiger partial charge in [0.2, 0.25) is 5.91 Å². The van der Waals surface area contributed by atoms with E-state index in [4.69, 9.17) is 4.98 Å². The normalized spacial score (nSPS) is 14.5. The molecule has 3 N–H and O–H groups in total. The summed E-state index contributed by atoms with van der Waals surface area (Å²) in [6.45, 7) is 7.64. The highest BCUT2D eigenvalue weighted by molar-refractivity contribution is 5.97. The van der Waals surface area contributed by atoms with Crippen molar-refractivity contribution in [1.82, 2.24) is 35.0 Å². The number of rotatable bonds is 6. The first-order valence-corrected chi connectivity index (χ1v) is 13.1. The molecule has 4 aromatic heterocycles. The van der Waals surface area contributed by atoms with Crippen molar-refractivity contribution >= 4 is 39.3 Å². The first kappa shape index (κ1) is 24.9. The molecule has 11 heteroatoms. The molecule has 0 saturated carbocycles. The van der Waals surface area contributed by atoms with Crippen LogP contribution in [-0.4, -0.2) is 74.2 Å². The Morgan fingerprint density at radius 3 is 2.74 bits per heavy atom. The smallest absolute Gasteiger partial charge is 0.224 e. The van der Waals surface area contributed by atoms with E-state index in [1.165, 1.54) is 6.07 Å². The topological polar surface area (TPSA) is 119 Å². The molecule has 1 aliphatic heterocycles. The minimum atomic E-state index is -0.420. The fourth-order valence-corrected chi connectivity index (χ4v) is 4.96. The Labute approximate surface area is 224 Å². The summed E-state index contributed by atoms with van der Waals surface area (Å²) < 4.78 is 15.2. The predicted octanol–water partition coefficient (Wildman–Crippen LogP) is 4.44. The number of aromatic nitrogens is 6. The van der Waals surface area contributed by atoms with Crippen LogP contribution in [0, 0.1) is 11.7 Å². The summed E-state index contributed by atoms with van der Waals surface area (Å²) in [6, 6.07) is 6.79. The zero-order chi connectivity index (χ0) is 27.1. The number of carbonyl (C=O) groups excluding carboxylic acids is 1. The van der Waals surface area contributed by atoms with Crippen molar-refractivity contribution in [3.05, 3.63) is 48.7 Å². The van der Waals surface area contributed by atoms with Gasteiger partial charge in [0.1, 0.15) is 17.0 Å². The number of benzene rings is 1. The number of carbonyl (C=O) groups is 1. The second-order valence-electron chi connectivity index (χ2n) is 10.5. The first-order valence-electron chi connectivity index (χ1n) is 13.1. The molecule has 0 atom stereocenters. The number of piperazine rings is 1. The minimum absolute atomic E-state index is 0.104. The Bertz CT molecular complexity index is 1670. The monoisotopic (exact) mass is 527 g/mol. The van der Waals surface area contributed by atoms with Crippen molar-refractivity contribution in [2.45, 2.75) is 20.3 Å². The second-order valence-corrected chi connectivity index (χ2v) is 10.5. The minimum Gasteiger partial charge on any atom is -0.352 e. The molecule has 0 spiro atoms. The number of hydrogen-bond donors (Lipinski definition) is 3. The number of amides is 1. The van der Waals surface area contributed by atoms with Gasteiger partial charge in [0.15, 0.2) is 11.6 Å². The number of aromatic amines is 2. The van der Waals surface area contributed by atoms with Crippen molar-refractivity contribution in [1.29, 1.82) is 0 Å². The summed E-state index contributed by atoms with van der Waals surface area (Å²) in [5.74, 6) is 1.12. The molecule has 0 bridgehead atoms. The quantitative estimate of drug-likeness (QED) is 0.299. The van der Waals surface area contributed by atoms with Crippen LogP contribution in [0.2, 0.25) is 0 Å². The summed E-state index contributed by atoms with van der Waals surface area (Å²) in [7, 11) is 2.12. The molecule has 1 fully saturated rings. The molecular formula is C28H30FN9O. The van der Waals surface area contributed by atoms with E-state index in [9.17, 15) is 4.79 Å². The highest BCUT2D eigenvalue weighted by Crippen LogP contribution is 2.34. The maximum atomic E-state index is 15.2. The van der Waals surface area contributed by atoms with Crippen LogP contribution in [0.25, 0.3) is 44.6 Å². The van der Waals surface area contributed by atoms with Crippen LogP contribution in [0.1, 0.15) is 20.3 Å². The number of nitrogens with zero attached hydrogens (tertiary/aromatic N) is 6. The van der Waals surface area contributed by atoms with Gasteiger partial charge in [0.05, 0.1) is 22.9 Å². The molecule has 0 unspecified atom stereocenters. The maximum absolute atomic E-state index is 15.2. The van der Waals surface area contributed by atoms with Crippen LogP contribution >= 0.6 is 0 Å². The summed E-state index contributed by atoms with van der Waals surface area (Å²) >= 11 is 0. The van der Waals surface area contributed by atoms with E-state index in [0.717, 1.165) is 43.0 Å². The third kappa shape index (κ3) is 4.92. The lowest BCUT2D eigenvalue weighted by molar-refractivity contribution is -0.116. The van der Waals surface area contributed by atoms with E-state index < -0.39 is 5.82 Å². The van der Waals surface area contributed by atoms with E-state index in [0.29, 0.717) is 45.7 Å². The van der Waals surface area contributed by atoms with Gasteiger partial charge in [0, 0.05) is 67.6 Å². The van der Waals surface area contributed by atoms with Gasteiger partial charge >= 0.3 is 0 Å². The molecule has 1 amide bonds. The molecule has 1 aliphatic rings. The number of hydrogen-bond acceptors (Lipinski definition) is 7. The molecule has 5 heterocycles. The number of halogens is 1. The molecule has 6 rings (SSSR count). The molecule has 1 saturated heterocycles. The van der Waals surface area contributed by atoms with Crippen LogP contribution in [-0.2, 0) is 4.79 Å². The van der Waals surface area contributed by atoms with Crippen LogP contribution < -0.4 is 10.2 Å². The number of imidazole rings is 1. The average molecular weight is 528 g/mol. The number of H-pyrrole nitrogens is 2. The van der Waals surface area contributed by atoms with Gasteiger partial charge in [-0.15, -0.1) is 0 Å².